The number of likely N-dealkylation sites (tertiary alicyclic amines) is 1. The fraction of sp³-hybridized carbons (Fsp3) is 0.462. The van der Waals surface area contributed by atoms with Crippen LogP contribution in [0.2, 0.25) is 0 Å². The van der Waals surface area contributed by atoms with Crippen molar-refractivity contribution >= 4 is 6.29 Å². The average molecular weight is 229 g/mol. The Morgan fingerprint density at radius 2 is 2.47 bits per heavy atom. The maximum Gasteiger partial charge on any atom is 0.140 e. The standard InChI is InChI=1S/C13H15N3O/c14-8-12-7-11(4-5-15-12)9-16-6-2-1-3-13(16)10-17/h4-5,7,10,13H,1-3,6,9H2. The first kappa shape index (κ1) is 11.7. The molecular formula is C13H15N3O. The summed E-state index contributed by atoms with van der Waals surface area (Å²) in [6, 6.07) is 5.75. The lowest BCUT2D eigenvalue weighted by molar-refractivity contribution is -0.113. The highest BCUT2D eigenvalue weighted by Gasteiger charge is 2.21. The number of nitriles is 1. The Morgan fingerprint density at radius 1 is 1.59 bits per heavy atom. The number of aromatic nitrogens is 1. The van der Waals surface area contributed by atoms with Gasteiger partial charge < -0.3 is 4.79 Å². The van der Waals surface area contributed by atoms with Gasteiger partial charge in [-0.2, -0.15) is 5.26 Å². The fourth-order valence-electron chi connectivity index (χ4n) is 2.24. The number of rotatable bonds is 3. The van der Waals surface area contributed by atoms with Crippen LogP contribution < -0.4 is 0 Å². The molecule has 0 radical (unpaired) electrons. The Bertz CT molecular complexity index is 439. The van der Waals surface area contributed by atoms with Crippen molar-refractivity contribution in [1.29, 1.82) is 5.26 Å². The van der Waals surface area contributed by atoms with Crippen molar-refractivity contribution in [2.45, 2.75) is 31.8 Å². The van der Waals surface area contributed by atoms with Gasteiger partial charge in [0.15, 0.2) is 0 Å². The van der Waals surface area contributed by atoms with Crippen LogP contribution >= 0.6 is 0 Å². The van der Waals surface area contributed by atoms with Gasteiger partial charge in [-0.15, -0.1) is 0 Å². The molecule has 1 aliphatic rings. The maximum absolute atomic E-state index is 11.0. The van der Waals surface area contributed by atoms with Crippen LogP contribution in [0.25, 0.3) is 0 Å². The van der Waals surface area contributed by atoms with E-state index in [1.54, 1.807) is 12.3 Å². The van der Waals surface area contributed by atoms with E-state index >= 15 is 0 Å². The molecule has 4 heteroatoms. The summed E-state index contributed by atoms with van der Waals surface area (Å²) in [7, 11) is 0. The van der Waals surface area contributed by atoms with E-state index in [9.17, 15) is 4.79 Å². The zero-order valence-electron chi connectivity index (χ0n) is 9.67. The SMILES string of the molecule is N#Cc1cc(CN2CCCCC2C=O)ccn1. The lowest BCUT2D eigenvalue weighted by Gasteiger charge is -2.32. The molecule has 1 aliphatic heterocycles. The van der Waals surface area contributed by atoms with E-state index in [0.717, 1.165) is 44.2 Å². The lowest BCUT2D eigenvalue weighted by Crippen LogP contribution is -2.39. The van der Waals surface area contributed by atoms with Crippen LogP contribution in [0, 0.1) is 11.3 Å². The highest BCUT2D eigenvalue weighted by molar-refractivity contribution is 5.57. The molecule has 1 saturated heterocycles. The lowest BCUT2D eigenvalue weighted by atomic mass is 10.0. The van der Waals surface area contributed by atoms with Crippen LogP contribution in [0.15, 0.2) is 18.3 Å². The fourth-order valence-corrected chi connectivity index (χ4v) is 2.24. The molecule has 0 amide bonds. The third kappa shape index (κ3) is 2.89. The Morgan fingerprint density at radius 3 is 3.24 bits per heavy atom. The topological polar surface area (TPSA) is 57.0 Å². The minimum Gasteiger partial charge on any atom is -0.302 e. The molecule has 0 bridgehead atoms. The summed E-state index contributed by atoms with van der Waals surface area (Å²) in [5.74, 6) is 0. The Kier molecular flexibility index (Phi) is 3.84. The monoisotopic (exact) mass is 229 g/mol. The normalized spacial score (nSPS) is 20.8. The highest BCUT2D eigenvalue weighted by Crippen LogP contribution is 2.18. The Balaban J connectivity index is 2.08. The number of carbonyl (C=O) groups is 1. The van der Waals surface area contributed by atoms with Gasteiger partial charge in [-0.05, 0) is 37.1 Å². The van der Waals surface area contributed by atoms with Gasteiger partial charge in [-0.25, -0.2) is 4.98 Å². The third-order valence-corrected chi connectivity index (χ3v) is 3.15. The Labute approximate surface area is 101 Å². The van der Waals surface area contributed by atoms with Gasteiger partial charge >= 0.3 is 0 Å². The van der Waals surface area contributed by atoms with E-state index in [-0.39, 0.29) is 6.04 Å². The van der Waals surface area contributed by atoms with Crippen LogP contribution in [0.5, 0.6) is 0 Å². The number of aldehydes is 1. The molecule has 2 rings (SSSR count). The number of piperidine rings is 1. The largest absolute Gasteiger partial charge is 0.302 e. The number of nitrogens with zero attached hydrogens (tertiary/aromatic N) is 3. The zero-order chi connectivity index (χ0) is 12.1. The molecule has 88 valence electrons. The summed E-state index contributed by atoms with van der Waals surface area (Å²) >= 11 is 0. The van der Waals surface area contributed by atoms with Gasteiger partial charge in [-0.1, -0.05) is 6.42 Å². The summed E-state index contributed by atoms with van der Waals surface area (Å²) in [6.45, 7) is 1.67. The summed E-state index contributed by atoms with van der Waals surface area (Å²) in [5.41, 5.74) is 1.48. The molecule has 1 atom stereocenters. The number of hydrogen-bond donors (Lipinski definition) is 0. The second-order valence-electron chi connectivity index (χ2n) is 4.33. The van der Waals surface area contributed by atoms with Crippen molar-refractivity contribution in [2.75, 3.05) is 6.54 Å². The van der Waals surface area contributed by atoms with E-state index in [4.69, 9.17) is 5.26 Å². The second-order valence-corrected chi connectivity index (χ2v) is 4.33. The van der Waals surface area contributed by atoms with E-state index in [2.05, 4.69) is 9.88 Å². The van der Waals surface area contributed by atoms with Crippen LogP contribution in [0.3, 0.4) is 0 Å². The number of hydrogen-bond acceptors (Lipinski definition) is 4. The minimum atomic E-state index is 0.0300. The number of pyridine rings is 1. The van der Waals surface area contributed by atoms with Gasteiger partial charge in [0.2, 0.25) is 0 Å². The van der Waals surface area contributed by atoms with Gasteiger partial charge in [0.25, 0.3) is 0 Å². The summed E-state index contributed by atoms with van der Waals surface area (Å²) in [5, 5.41) is 8.78. The zero-order valence-corrected chi connectivity index (χ0v) is 9.67. The highest BCUT2D eigenvalue weighted by atomic mass is 16.1. The van der Waals surface area contributed by atoms with Crippen molar-refractivity contribution < 1.29 is 4.79 Å². The van der Waals surface area contributed by atoms with Gasteiger partial charge in [0.05, 0.1) is 6.04 Å². The molecule has 1 unspecified atom stereocenters. The quantitative estimate of drug-likeness (QED) is 0.737. The number of carbonyl (C=O) groups excluding carboxylic acids is 1. The molecule has 17 heavy (non-hydrogen) atoms. The Hall–Kier alpha value is -1.73. The van der Waals surface area contributed by atoms with E-state index in [1.807, 2.05) is 12.1 Å². The molecule has 1 aromatic heterocycles. The van der Waals surface area contributed by atoms with Crippen LogP contribution in [-0.2, 0) is 11.3 Å². The van der Waals surface area contributed by atoms with Crippen molar-refractivity contribution in [1.82, 2.24) is 9.88 Å². The first-order chi connectivity index (χ1) is 8.33. The average Bonchev–Trinajstić information content (AvgIpc) is 2.39. The van der Waals surface area contributed by atoms with E-state index in [0.29, 0.717) is 5.69 Å². The molecule has 0 aromatic carbocycles. The summed E-state index contributed by atoms with van der Waals surface area (Å²) in [4.78, 5) is 17.1. The van der Waals surface area contributed by atoms with Gasteiger partial charge in [0.1, 0.15) is 18.0 Å². The van der Waals surface area contributed by atoms with Crippen LogP contribution in [0.1, 0.15) is 30.5 Å². The van der Waals surface area contributed by atoms with E-state index in [1.165, 1.54) is 0 Å². The molecule has 0 aliphatic carbocycles. The smallest absolute Gasteiger partial charge is 0.140 e. The third-order valence-electron chi connectivity index (χ3n) is 3.15. The van der Waals surface area contributed by atoms with Crippen molar-refractivity contribution in [3.05, 3.63) is 29.6 Å². The molecule has 4 nitrogen and oxygen atoms in total. The van der Waals surface area contributed by atoms with Crippen molar-refractivity contribution in [2.24, 2.45) is 0 Å². The van der Waals surface area contributed by atoms with Crippen molar-refractivity contribution in [3.63, 3.8) is 0 Å². The summed E-state index contributed by atoms with van der Waals surface area (Å²) < 4.78 is 0. The molecule has 0 saturated carbocycles. The first-order valence-corrected chi connectivity index (χ1v) is 5.88. The van der Waals surface area contributed by atoms with Crippen molar-refractivity contribution in [3.8, 4) is 6.07 Å². The molecular weight excluding hydrogens is 214 g/mol. The minimum absolute atomic E-state index is 0.0300. The predicted octanol–water partition coefficient (Wildman–Crippen LogP) is 1.51. The molecule has 0 N–H and O–H groups in total. The molecule has 1 fully saturated rings. The van der Waals surface area contributed by atoms with E-state index < -0.39 is 0 Å². The predicted molar refractivity (Wildman–Crippen MR) is 63.1 cm³/mol. The van der Waals surface area contributed by atoms with Crippen LogP contribution in [0.4, 0.5) is 0 Å². The van der Waals surface area contributed by atoms with Gasteiger partial charge in [-0.3, -0.25) is 4.90 Å². The molecule has 2 heterocycles. The summed E-state index contributed by atoms with van der Waals surface area (Å²) in [6.07, 6.45) is 5.89. The van der Waals surface area contributed by atoms with Crippen LogP contribution in [-0.4, -0.2) is 28.8 Å². The second kappa shape index (κ2) is 5.55. The first-order valence-electron chi connectivity index (χ1n) is 5.88. The maximum atomic E-state index is 11.0. The molecule has 1 aromatic rings. The van der Waals surface area contributed by atoms with Gasteiger partial charge in [0, 0.05) is 12.7 Å². The molecule has 0 spiro atoms.